The second kappa shape index (κ2) is 13.2. The Morgan fingerprint density at radius 2 is 1.79 bits per heavy atom. The molecular formula is C19H32BN3O6. The van der Waals surface area contributed by atoms with Crippen LogP contribution in [0.4, 0.5) is 0 Å². The van der Waals surface area contributed by atoms with Crippen LogP contribution in [-0.4, -0.2) is 69.8 Å². The van der Waals surface area contributed by atoms with Crippen molar-refractivity contribution < 1.29 is 29.9 Å². The van der Waals surface area contributed by atoms with Gasteiger partial charge < -0.3 is 36.6 Å². The number of aryl methyl sites for hydroxylation is 1. The summed E-state index contributed by atoms with van der Waals surface area (Å²) >= 11 is 0. The number of phenolic OH excluding ortho intramolecular Hbond substituents is 1. The van der Waals surface area contributed by atoms with Crippen LogP contribution in [0.25, 0.3) is 0 Å². The number of nitrogens with two attached hydrogens (primary N) is 2. The first-order valence-electron chi connectivity index (χ1n) is 9.83. The number of aromatic hydroxyl groups is 1. The molecule has 8 N–H and O–H groups in total. The van der Waals surface area contributed by atoms with Crippen molar-refractivity contribution in [3.05, 3.63) is 29.8 Å². The predicted molar refractivity (Wildman–Crippen MR) is 110 cm³/mol. The summed E-state index contributed by atoms with van der Waals surface area (Å²) in [5, 5.41) is 36.4. The highest BCUT2D eigenvalue weighted by atomic mass is 16.4. The third-order valence-electron chi connectivity index (χ3n) is 4.72. The van der Waals surface area contributed by atoms with Crippen molar-refractivity contribution in [2.75, 3.05) is 19.6 Å². The first-order chi connectivity index (χ1) is 13.7. The molecule has 10 heteroatoms. The second-order valence-corrected chi connectivity index (χ2v) is 7.26. The van der Waals surface area contributed by atoms with E-state index < -0.39 is 19.1 Å². The number of carbonyl (C=O) groups excluding carboxylic acids is 1. The summed E-state index contributed by atoms with van der Waals surface area (Å²) in [4.78, 5) is 25.5. The molecule has 162 valence electrons. The van der Waals surface area contributed by atoms with Gasteiger partial charge in [0, 0.05) is 26.1 Å². The highest BCUT2D eigenvalue weighted by Crippen LogP contribution is 2.17. The lowest BCUT2D eigenvalue weighted by atomic mass is 9.81. The van der Waals surface area contributed by atoms with Crippen LogP contribution in [0.3, 0.4) is 0 Å². The van der Waals surface area contributed by atoms with Gasteiger partial charge in [0.15, 0.2) is 0 Å². The molecule has 0 aromatic heterocycles. The smallest absolute Gasteiger partial charge is 0.451 e. The Bertz CT molecular complexity index is 629. The molecule has 0 bridgehead atoms. The lowest BCUT2D eigenvalue weighted by molar-refractivity contribution is -0.140. The van der Waals surface area contributed by atoms with Crippen LogP contribution in [-0.2, 0) is 16.0 Å². The fourth-order valence-electron chi connectivity index (χ4n) is 3.20. The van der Waals surface area contributed by atoms with Crippen LogP contribution in [0.15, 0.2) is 24.3 Å². The molecule has 1 aromatic carbocycles. The molecule has 0 radical (unpaired) electrons. The van der Waals surface area contributed by atoms with E-state index in [2.05, 4.69) is 0 Å². The van der Waals surface area contributed by atoms with Gasteiger partial charge in [0.05, 0.1) is 6.04 Å². The van der Waals surface area contributed by atoms with Gasteiger partial charge in [-0.1, -0.05) is 18.6 Å². The standard InChI is InChI=1S/C19H32BN3O6/c21-10-11-23(13-15(12-18(25)26)2-1-9-20(28)29)19(27)17(22)8-5-14-3-6-16(24)7-4-14/h3-4,6-7,15,17,24,28-29H,1-2,5,8-13,21-22H2,(H,25,26)/t15?,17-/m0/s1. The van der Waals surface area contributed by atoms with Gasteiger partial charge in [0.1, 0.15) is 5.75 Å². The molecule has 2 atom stereocenters. The maximum absolute atomic E-state index is 12.8. The van der Waals surface area contributed by atoms with Crippen LogP contribution in [0.5, 0.6) is 5.75 Å². The Kier molecular flexibility index (Phi) is 11.3. The van der Waals surface area contributed by atoms with E-state index >= 15 is 0 Å². The SMILES string of the molecule is NCCN(CC(CCCB(O)O)CC(=O)O)C(=O)[C@@H](N)CCc1ccc(O)cc1. The molecule has 1 amide bonds. The van der Waals surface area contributed by atoms with E-state index in [1.165, 1.54) is 4.90 Å². The zero-order valence-corrected chi connectivity index (χ0v) is 16.6. The predicted octanol–water partition coefficient (Wildman–Crippen LogP) is -0.217. The normalized spacial score (nSPS) is 13.0. The van der Waals surface area contributed by atoms with E-state index in [4.69, 9.17) is 26.6 Å². The Morgan fingerprint density at radius 3 is 2.34 bits per heavy atom. The summed E-state index contributed by atoms with van der Waals surface area (Å²) < 4.78 is 0. The minimum absolute atomic E-state index is 0.126. The number of carbonyl (C=O) groups is 2. The van der Waals surface area contributed by atoms with Gasteiger partial charge in [-0.3, -0.25) is 9.59 Å². The third-order valence-corrected chi connectivity index (χ3v) is 4.72. The van der Waals surface area contributed by atoms with E-state index in [1.807, 2.05) is 0 Å². The lowest BCUT2D eigenvalue weighted by Crippen LogP contribution is -2.47. The molecule has 0 saturated carbocycles. The Balaban J connectivity index is 2.68. The molecule has 1 unspecified atom stereocenters. The summed E-state index contributed by atoms with van der Waals surface area (Å²) in [6.07, 6.45) is 1.88. The van der Waals surface area contributed by atoms with Crippen molar-refractivity contribution in [2.24, 2.45) is 17.4 Å². The monoisotopic (exact) mass is 409 g/mol. The summed E-state index contributed by atoms with van der Waals surface area (Å²) in [6, 6.07) is 5.93. The number of carboxylic acid groups (broad SMARTS) is 1. The van der Waals surface area contributed by atoms with E-state index in [0.29, 0.717) is 25.7 Å². The van der Waals surface area contributed by atoms with Crippen molar-refractivity contribution >= 4 is 19.0 Å². The molecule has 0 spiro atoms. The molecule has 9 nitrogen and oxygen atoms in total. The molecule has 1 rings (SSSR count). The van der Waals surface area contributed by atoms with Crippen LogP contribution in [0, 0.1) is 5.92 Å². The number of hydrogen-bond acceptors (Lipinski definition) is 7. The van der Waals surface area contributed by atoms with Crippen molar-refractivity contribution in [3.63, 3.8) is 0 Å². The Labute approximate surface area is 171 Å². The van der Waals surface area contributed by atoms with Crippen molar-refractivity contribution in [2.45, 2.75) is 44.5 Å². The second-order valence-electron chi connectivity index (χ2n) is 7.26. The first kappa shape index (κ1) is 24.9. The number of phenols is 1. The minimum atomic E-state index is -1.43. The van der Waals surface area contributed by atoms with E-state index in [9.17, 15) is 14.7 Å². The molecule has 0 saturated heterocycles. The first-order valence-corrected chi connectivity index (χ1v) is 9.83. The zero-order valence-electron chi connectivity index (χ0n) is 16.6. The van der Waals surface area contributed by atoms with E-state index in [0.717, 1.165) is 5.56 Å². The number of carboxylic acids is 1. The van der Waals surface area contributed by atoms with Gasteiger partial charge in [0.2, 0.25) is 5.91 Å². The lowest BCUT2D eigenvalue weighted by Gasteiger charge is -2.29. The van der Waals surface area contributed by atoms with Gasteiger partial charge in [-0.25, -0.2) is 0 Å². The number of amides is 1. The number of benzene rings is 1. The number of rotatable bonds is 14. The summed E-state index contributed by atoms with van der Waals surface area (Å²) in [6.45, 7) is 0.701. The molecule has 0 aliphatic rings. The topological polar surface area (TPSA) is 170 Å². The van der Waals surface area contributed by atoms with E-state index in [1.54, 1.807) is 24.3 Å². The highest BCUT2D eigenvalue weighted by molar-refractivity contribution is 6.40. The molecule has 29 heavy (non-hydrogen) atoms. The average molecular weight is 409 g/mol. The van der Waals surface area contributed by atoms with Crippen LogP contribution in [0.1, 0.15) is 31.2 Å². The van der Waals surface area contributed by atoms with Crippen molar-refractivity contribution in [3.8, 4) is 5.75 Å². The van der Waals surface area contributed by atoms with E-state index in [-0.39, 0.29) is 49.9 Å². The van der Waals surface area contributed by atoms with Gasteiger partial charge in [-0.15, -0.1) is 0 Å². The maximum Gasteiger partial charge on any atom is 0.451 e. The van der Waals surface area contributed by atoms with Crippen LogP contribution < -0.4 is 11.5 Å². The van der Waals surface area contributed by atoms with Gasteiger partial charge in [0.25, 0.3) is 0 Å². The molecule has 0 aliphatic heterocycles. The van der Waals surface area contributed by atoms with Gasteiger partial charge in [-0.2, -0.15) is 0 Å². The minimum Gasteiger partial charge on any atom is -0.508 e. The molecule has 0 heterocycles. The molecule has 1 aromatic rings. The average Bonchev–Trinajstić information content (AvgIpc) is 2.65. The summed E-state index contributed by atoms with van der Waals surface area (Å²) in [7, 11) is -1.43. The van der Waals surface area contributed by atoms with Gasteiger partial charge >= 0.3 is 13.1 Å². The Morgan fingerprint density at radius 1 is 1.14 bits per heavy atom. The van der Waals surface area contributed by atoms with Crippen LogP contribution in [0.2, 0.25) is 6.32 Å². The largest absolute Gasteiger partial charge is 0.508 e. The highest BCUT2D eigenvalue weighted by Gasteiger charge is 2.25. The van der Waals surface area contributed by atoms with Gasteiger partial charge in [-0.05, 0) is 49.2 Å². The third kappa shape index (κ3) is 10.3. The quantitative estimate of drug-likeness (QED) is 0.229. The fraction of sp³-hybridized carbons (Fsp3) is 0.579. The number of aliphatic carboxylic acids is 1. The molecular weight excluding hydrogens is 377 g/mol. The Hall–Kier alpha value is -2.14. The fourth-order valence-corrected chi connectivity index (χ4v) is 3.20. The summed E-state index contributed by atoms with van der Waals surface area (Å²) in [5.74, 6) is -1.42. The molecule has 0 aliphatic carbocycles. The van der Waals surface area contributed by atoms with Crippen molar-refractivity contribution in [1.82, 2.24) is 4.90 Å². The van der Waals surface area contributed by atoms with Crippen molar-refractivity contribution in [1.29, 1.82) is 0 Å². The zero-order chi connectivity index (χ0) is 21.8. The number of nitrogens with zero attached hydrogens (tertiary/aromatic N) is 1. The number of hydrogen-bond donors (Lipinski definition) is 6. The molecule has 0 fully saturated rings. The van der Waals surface area contributed by atoms with Crippen LogP contribution >= 0.6 is 0 Å². The maximum atomic E-state index is 12.8. The summed E-state index contributed by atoms with van der Waals surface area (Å²) in [5.41, 5.74) is 12.6.